The van der Waals surface area contributed by atoms with Crippen LogP contribution in [0, 0.1) is 0 Å². The van der Waals surface area contributed by atoms with Gasteiger partial charge in [0, 0.05) is 44.4 Å². The Hall–Kier alpha value is -6.01. The predicted molar refractivity (Wildman–Crippen MR) is 213 cm³/mol. The van der Waals surface area contributed by atoms with Crippen LogP contribution in [0.25, 0.3) is 0 Å². The second-order valence-corrected chi connectivity index (χ2v) is 15.2. The van der Waals surface area contributed by atoms with Crippen molar-refractivity contribution in [2.45, 2.75) is 95.3 Å². The third kappa shape index (κ3) is 8.45. The van der Waals surface area contributed by atoms with Crippen LogP contribution >= 0.6 is 0 Å². The number of rotatable bonds is 15. The summed E-state index contributed by atoms with van der Waals surface area (Å²) in [4.78, 5) is 94.1. The molecule has 2 aromatic carbocycles. The topological polar surface area (TPSA) is 220 Å². The van der Waals surface area contributed by atoms with Gasteiger partial charge in [0.05, 0.1) is 35.7 Å². The lowest BCUT2D eigenvalue weighted by Gasteiger charge is -2.51. The van der Waals surface area contributed by atoms with Crippen molar-refractivity contribution in [3.63, 3.8) is 0 Å². The number of hydrogen-bond donors (Lipinski definition) is 6. The number of hydrogen-bond acceptors (Lipinski definition) is 13. The lowest BCUT2D eigenvalue weighted by Crippen LogP contribution is -2.70. The molecule has 5 aliphatic rings. The molecule has 4 aliphatic heterocycles. The summed E-state index contributed by atoms with van der Waals surface area (Å²) < 4.78 is 11.3. The molecule has 314 valence electrons. The Morgan fingerprint density at radius 1 is 0.932 bits per heavy atom. The predicted octanol–water partition coefficient (Wildman–Crippen LogP) is 1.35. The zero-order valence-corrected chi connectivity index (χ0v) is 33.4. The number of unbranched alkanes of at least 4 members (excludes halogenated alkanes) is 1. The smallest absolute Gasteiger partial charge is 0.266 e. The molecular weight excluding hydrogens is 763 g/mol. The molecule has 0 bridgehead atoms. The van der Waals surface area contributed by atoms with E-state index >= 15 is 0 Å². The van der Waals surface area contributed by atoms with E-state index in [2.05, 4.69) is 43.7 Å². The number of piperazine rings is 1. The summed E-state index contributed by atoms with van der Waals surface area (Å²) in [5.74, 6) is -2.67. The fourth-order valence-electron chi connectivity index (χ4n) is 8.54. The molecule has 0 spiro atoms. The highest BCUT2D eigenvalue weighted by Gasteiger charge is 2.48. The average Bonchev–Trinajstić information content (AvgIpc) is 3.86. The Kier molecular flexibility index (Phi) is 12.5. The van der Waals surface area contributed by atoms with Gasteiger partial charge in [-0.15, -0.1) is 0 Å². The second-order valence-electron chi connectivity index (χ2n) is 15.2. The largest absolute Gasteiger partial charge is 0.495 e. The molecule has 1 saturated carbocycles. The molecule has 18 heteroatoms. The van der Waals surface area contributed by atoms with E-state index < -0.39 is 42.2 Å². The standard InChI is InChI=1S/C41H51N9O9/c1-4-27-39(56)48(2)29-21-44-41(47-35(29)49(27)24-10-5-6-11-24)45-26-15-14-23(20-31(26)58-3)36(53)43-19-8-7-18-42-33(52)22-59-30-13-9-12-25-34(30)40(57)50(38(25)55)28-16-17-32(51)46-37(28)54/h9,12-15,20-21,24,27-28,35,41,44-45,47H,4-8,10-11,16-19,22H2,1-3H3,(H,42,52)(H,43,53)(H,46,51,54). The van der Waals surface area contributed by atoms with Gasteiger partial charge >= 0.3 is 0 Å². The normalized spacial score (nSPS) is 23.2. The number of imide groups is 2. The van der Waals surface area contributed by atoms with Gasteiger partial charge < -0.3 is 35.6 Å². The van der Waals surface area contributed by atoms with Crippen LogP contribution in [0.3, 0.4) is 0 Å². The molecule has 59 heavy (non-hydrogen) atoms. The Balaban J connectivity index is 0.850. The monoisotopic (exact) mass is 813 g/mol. The summed E-state index contributed by atoms with van der Waals surface area (Å²) in [6.45, 7) is 2.32. The first-order valence-electron chi connectivity index (χ1n) is 20.2. The minimum absolute atomic E-state index is 0.00164. The van der Waals surface area contributed by atoms with Crippen molar-refractivity contribution >= 4 is 47.0 Å². The first-order chi connectivity index (χ1) is 28.5. The van der Waals surface area contributed by atoms with Gasteiger partial charge in [-0.25, -0.2) is 0 Å². The van der Waals surface area contributed by atoms with E-state index in [-0.39, 0.29) is 60.0 Å². The van der Waals surface area contributed by atoms with Crippen molar-refractivity contribution in [3.05, 3.63) is 65.0 Å². The maximum atomic E-state index is 13.3. The number of nitrogens with zero attached hydrogens (tertiary/aromatic N) is 3. The van der Waals surface area contributed by atoms with E-state index in [1.54, 1.807) is 30.2 Å². The Bertz CT molecular complexity index is 2050. The van der Waals surface area contributed by atoms with Crippen molar-refractivity contribution in [3.8, 4) is 11.5 Å². The SMILES string of the molecule is CCC1C(=O)N(C)C2=CNC(Nc3ccc(C(=O)NCCCCNC(=O)COc4cccc5c4C(=O)N(C4CCC(=O)NC4=O)C5=O)cc3OC)NC2N1C1CCCC1. The molecular formula is C41H51N9O9. The minimum Gasteiger partial charge on any atom is -0.495 e. The lowest BCUT2D eigenvalue weighted by molar-refractivity contribution is -0.143. The second kappa shape index (κ2) is 17.9. The average molecular weight is 814 g/mol. The number of carbonyl (C=O) groups is 7. The molecule has 4 unspecified atom stereocenters. The number of fused-ring (bicyclic) bond motifs is 2. The zero-order valence-electron chi connectivity index (χ0n) is 33.4. The van der Waals surface area contributed by atoms with E-state index in [9.17, 15) is 33.6 Å². The third-order valence-electron chi connectivity index (χ3n) is 11.6. The number of anilines is 1. The maximum absolute atomic E-state index is 13.3. The van der Waals surface area contributed by atoms with Gasteiger partial charge in [0.1, 0.15) is 23.7 Å². The van der Waals surface area contributed by atoms with E-state index in [0.717, 1.165) is 42.7 Å². The van der Waals surface area contributed by atoms with E-state index in [1.807, 2.05) is 13.2 Å². The van der Waals surface area contributed by atoms with Gasteiger partial charge in [-0.3, -0.25) is 54.0 Å². The number of nitrogens with one attached hydrogen (secondary N) is 6. The van der Waals surface area contributed by atoms with Gasteiger partial charge in [0.15, 0.2) is 12.9 Å². The molecule has 7 amide bonds. The molecule has 18 nitrogen and oxygen atoms in total. The van der Waals surface area contributed by atoms with Crippen LogP contribution in [0.2, 0.25) is 0 Å². The van der Waals surface area contributed by atoms with Crippen LogP contribution in [0.5, 0.6) is 11.5 Å². The fourth-order valence-corrected chi connectivity index (χ4v) is 8.54. The molecule has 0 aromatic heterocycles. The number of methoxy groups -OCH3 is 1. The Labute approximate surface area is 341 Å². The van der Waals surface area contributed by atoms with Crippen molar-refractivity contribution in [2.24, 2.45) is 0 Å². The van der Waals surface area contributed by atoms with Gasteiger partial charge in [-0.1, -0.05) is 25.8 Å². The molecule has 0 radical (unpaired) electrons. The number of benzene rings is 2. The summed E-state index contributed by atoms with van der Waals surface area (Å²) in [5, 5.41) is 18.2. The first-order valence-corrected chi connectivity index (χ1v) is 20.2. The molecule has 7 rings (SSSR count). The van der Waals surface area contributed by atoms with Gasteiger partial charge in [0.2, 0.25) is 17.7 Å². The number of ether oxygens (including phenoxy) is 2. The fraction of sp³-hybridized carbons (Fsp3) is 0.488. The first kappa shape index (κ1) is 41.2. The third-order valence-corrected chi connectivity index (χ3v) is 11.6. The lowest BCUT2D eigenvalue weighted by atomic mass is 9.99. The Morgan fingerprint density at radius 3 is 2.42 bits per heavy atom. The molecule has 4 atom stereocenters. The molecule has 2 aromatic rings. The number of likely N-dealkylation sites (N-methyl/N-ethyl adjacent to an activating group) is 1. The van der Waals surface area contributed by atoms with Crippen LogP contribution in [0.4, 0.5) is 5.69 Å². The molecule has 4 heterocycles. The summed E-state index contributed by atoms with van der Waals surface area (Å²) in [7, 11) is 3.37. The summed E-state index contributed by atoms with van der Waals surface area (Å²) in [6, 6.07) is 8.63. The quantitative estimate of drug-likeness (QED) is 0.111. The number of amides is 7. The van der Waals surface area contributed by atoms with Gasteiger partial charge in [-0.05, 0) is 68.9 Å². The van der Waals surface area contributed by atoms with Crippen LogP contribution < -0.4 is 41.4 Å². The maximum Gasteiger partial charge on any atom is 0.266 e. The minimum atomic E-state index is -1.11. The number of carbonyl (C=O) groups excluding carboxylic acids is 7. The van der Waals surface area contributed by atoms with Crippen molar-refractivity contribution in [1.29, 1.82) is 0 Å². The highest BCUT2D eigenvalue weighted by molar-refractivity contribution is 6.24. The van der Waals surface area contributed by atoms with E-state index in [4.69, 9.17) is 9.47 Å². The van der Waals surface area contributed by atoms with Crippen LogP contribution in [-0.2, 0) is 19.2 Å². The van der Waals surface area contributed by atoms with Gasteiger partial charge in [0.25, 0.3) is 23.6 Å². The zero-order chi connectivity index (χ0) is 41.8. The molecule has 2 saturated heterocycles. The molecule has 6 N–H and O–H groups in total. The summed E-state index contributed by atoms with van der Waals surface area (Å²) in [5.41, 5.74) is 2.00. The highest BCUT2D eigenvalue weighted by atomic mass is 16.5. The summed E-state index contributed by atoms with van der Waals surface area (Å²) in [6.07, 6.45) is 7.71. The Morgan fingerprint density at radius 2 is 1.69 bits per heavy atom. The van der Waals surface area contributed by atoms with E-state index in [1.165, 1.54) is 18.2 Å². The van der Waals surface area contributed by atoms with Crippen LogP contribution in [0.1, 0.15) is 95.8 Å². The summed E-state index contributed by atoms with van der Waals surface area (Å²) >= 11 is 0. The molecule has 3 fully saturated rings. The van der Waals surface area contributed by atoms with Crippen LogP contribution in [0.15, 0.2) is 48.3 Å². The highest BCUT2D eigenvalue weighted by Crippen LogP contribution is 2.36. The number of piperidine rings is 1. The van der Waals surface area contributed by atoms with Gasteiger partial charge in [-0.2, -0.15) is 0 Å². The van der Waals surface area contributed by atoms with E-state index in [0.29, 0.717) is 49.0 Å². The van der Waals surface area contributed by atoms with Crippen molar-refractivity contribution in [2.75, 3.05) is 39.2 Å². The van der Waals surface area contributed by atoms with Crippen molar-refractivity contribution < 1.29 is 43.0 Å². The molecule has 1 aliphatic carbocycles. The van der Waals surface area contributed by atoms with Crippen molar-refractivity contribution in [1.82, 2.24) is 41.3 Å². The van der Waals surface area contributed by atoms with Crippen LogP contribution in [-0.4, -0.2) is 120 Å².